The summed E-state index contributed by atoms with van der Waals surface area (Å²) in [4.78, 5) is 0. The minimum absolute atomic E-state index is 0.462. The van der Waals surface area contributed by atoms with E-state index in [2.05, 4.69) is 41.0 Å². The fourth-order valence-electron chi connectivity index (χ4n) is 1.50. The predicted molar refractivity (Wildman–Crippen MR) is 52.4 cm³/mol. The van der Waals surface area contributed by atoms with E-state index in [4.69, 9.17) is 0 Å². The molecule has 0 N–H and O–H groups in total. The highest BCUT2D eigenvalue weighted by atomic mass is 14.3. The van der Waals surface area contributed by atoms with Crippen molar-refractivity contribution in [3.63, 3.8) is 0 Å². The number of hydrogen-bond acceptors (Lipinski definition) is 0. The van der Waals surface area contributed by atoms with Crippen molar-refractivity contribution in [3.05, 3.63) is 6.42 Å². The van der Waals surface area contributed by atoms with Gasteiger partial charge in [0.15, 0.2) is 0 Å². The van der Waals surface area contributed by atoms with Crippen LogP contribution in [-0.2, 0) is 0 Å². The summed E-state index contributed by atoms with van der Waals surface area (Å²) in [6, 6.07) is 0. The molecule has 0 rings (SSSR count). The third kappa shape index (κ3) is 4.34. The summed E-state index contributed by atoms with van der Waals surface area (Å²) in [5.74, 6) is 0.794. The highest BCUT2D eigenvalue weighted by Gasteiger charge is 2.28. The van der Waals surface area contributed by atoms with E-state index in [-0.39, 0.29) is 0 Å². The second-order valence-electron chi connectivity index (χ2n) is 4.41. The maximum absolute atomic E-state index is 2.49. The van der Waals surface area contributed by atoms with Crippen LogP contribution in [0.5, 0.6) is 0 Å². The highest BCUT2D eigenvalue weighted by molar-refractivity contribution is 4.84. The minimum atomic E-state index is 0.462. The molecular weight excluding hydrogens is 132 g/mol. The Labute approximate surface area is 72.4 Å². The lowest BCUT2D eigenvalue weighted by Gasteiger charge is -2.22. The molecule has 11 heavy (non-hydrogen) atoms. The summed E-state index contributed by atoms with van der Waals surface area (Å²) in [7, 11) is 0. The van der Waals surface area contributed by atoms with Crippen LogP contribution in [0.3, 0.4) is 0 Å². The summed E-state index contributed by atoms with van der Waals surface area (Å²) in [5, 5.41) is 0. The van der Waals surface area contributed by atoms with Crippen molar-refractivity contribution in [3.8, 4) is 0 Å². The zero-order valence-corrected chi connectivity index (χ0v) is 8.78. The molecule has 1 unspecified atom stereocenters. The third-order valence-corrected chi connectivity index (χ3v) is 2.29. The summed E-state index contributed by atoms with van der Waals surface area (Å²) >= 11 is 0. The monoisotopic (exact) mass is 155 g/mol. The van der Waals surface area contributed by atoms with Gasteiger partial charge >= 0.3 is 0 Å². The standard InChI is InChI=1S/C11H23/c1-6-8-9-10(7-2)11(3,4)5/h9-10H,6-8H2,1-5H3/q+1. The van der Waals surface area contributed by atoms with Crippen molar-refractivity contribution in [2.24, 2.45) is 11.3 Å². The van der Waals surface area contributed by atoms with E-state index in [1.54, 1.807) is 0 Å². The van der Waals surface area contributed by atoms with E-state index in [0.29, 0.717) is 5.41 Å². The van der Waals surface area contributed by atoms with Gasteiger partial charge < -0.3 is 0 Å². The van der Waals surface area contributed by atoms with Gasteiger partial charge in [-0.25, -0.2) is 0 Å². The lowest BCUT2D eigenvalue weighted by atomic mass is 9.76. The van der Waals surface area contributed by atoms with Crippen molar-refractivity contribution >= 4 is 0 Å². The molecule has 1 atom stereocenters. The SMILES string of the molecule is CCC[CH+]C(CC)C(C)(C)C. The average Bonchev–Trinajstić information content (AvgIpc) is 1.87. The van der Waals surface area contributed by atoms with Crippen LogP contribution in [0.1, 0.15) is 53.9 Å². The van der Waals surface area contributed by atoms with Gasteiger partial charge in [0.2, 0.25) is 0 Å². The Morgan fingerprint density at radius 1 is 1.18 bits per heavy atom. The van der Waals surface area contributed by atoms with Crippen molar-refractivity contribution < 1.29 is 0 Å². The summed E-state index contributed by atoms with van der Waals surface area (Å²) in [6.07, 6.45) is 6.33. The van der Waals surface area contributed by atoms with Crippen molar-refractivity contribution in [2.75, 3.05) is 0 Å². The smallest absolute Gasteiger partial charge is 0.0613 e. The maximum atomic E-state index is 2.49. The summed E-state index contributed by atoms with van der Waals surface area (Å²) in [5.41, 5.74) is 0.462. The van der Waals surface area contributed by atoms with Gasteiger partial charge in [-0.2, -0.15) is 0 Å². The Balaban J connectivity index is 3.76. The Morgan fingerprint density at radius 2 is 1.73 bits per heavy atom. The molecule has 0 amide bonds. The molecular formula is C11H23+. The van der Waals surface area contributed by atoms with Crippen LogP contribution >= 0.6 is 0 Å². The molecule has 0 heteroatoms. The first kappa shape index (κ1) is 10.9. The van der Waals surface area contributed by atoms with Gasteiger partial charge in [-0.3, -0.25) is 0 Å². The van der Waals surface area contributed by atoms with Crippen LogP contribution in [0.4, 0.5) is 0 Å². The molecule has 0 radical (unpaired) electrons. The third-order valence-electron chi connectivity index (χ3n) is 2.29. The Morgan fingerprint density at radius 3 is 2.00 bits per heavy atom. The van der Waals surface area contributed by atoms with Gasteiger partial charge in [0.1, 0.15) is 5.92 Å². The number of rotatable bonds is 4. The Bertz CT molecular complexity index is 86.7. The first-order valence-electron chi connectivity index (χ1n) is 4.85. The number of unbranched alkanes of at least 4 members (excludes halogenated alkanes) is 1. The van der Waals surface area contributed by atoms with E-state index in [1.165, 1.54) is 19.3 Å². The first-order chi connectivity index (χ1) is 5.02. The predicted octanol–water partition coefficient (Wildman–Crippen LogP) is 4.06. The van der Waals surface area contributed by atoms with Gasteiger partial charge in [0.25, 0.3) is 0 Å². The summed E-state index contributed by atoms with van der Waals surface area (Å²) in [6.45, 7) is 11.5. The van der Waals surface area contributed by atoms with Crippen LogP contribution in [0.2, 0.25) is 0 Å². The van der Waals surface area contributed by atoms with Gasteiger partial charge in [-0.05, 0) is 12.8 Å². The van der Waals surface area contributed by atoms with Gasteiger partial charge in [-0.1, -0.05) is 34.6 Å². The quantitative estimate of drug-likeness (QED) is 0.537. The summed E-state index contributed by atoms with van der Waals surface area (Å²) < 4.78 is 0. The molecule has 0 spiro atoms. The molecule has 0 heterocycles. The van der Waals surface area contributed by atoms with E-state index in [1.807, 2.05) is 0 Å². The van der Waals surface area contributed by atoms with Gasteiger partial charge in [0.05, 0.1) is 12.8 Å². The van der Waals surface area contributed by atoms with E-state index < -0.39 is 0 Å². The molecule has 0 nitrogen and oxygen atoms in total. The molecule has 0 fully saturated rings. The normalized spacial score (nSPS) is 14.6. The molecule has 0 saturated heterocycles. The zero-order valence-electron chi connectivity index (χ0n) is 8.78. The second kappa shape index (κ2) is 4.69. The fraction of sp³-hybridized carbons (Fsp3) is 0.909. The van der Waals surface area contributed by atoms with Crippen molar-refractivity contribution in [1.82, 2.24) is 0 Å². The molecule has 0 aromatic rings. The highest BCUT2D eigenvalue weighted by Crippen LogP contribution is 2.31. The lowest BCUT2D eigenvalue weighted by Crippen LogP contribution is -2.19. The molecule has 0 saturated carbocycles. The molecule has 0 aromatic heterocycles. The van der Waals surface area contributed by atoms with E-state index >= 15 is 0 Å². The van der Waals surface area contributed by atoms with Crippen LogP contribution in [0, 0.1) is 17.8 Å². The van der Waals surface area contributed by atoms with Crippen molar-refractivity contribution in [1.29, 1.82) is 0 Å². The van der Waals surface area contributed by atoms with Gasteiger partial charge in [-0.15, -0.1) is 0 Å². The van der Waals surface area contributed by atoms with Crippen LogP contribution < -0.4 is 0 Å². The maximum Gasteiger partial charge on any atom is 0.102 e. The average molecular weight is 155 g/mol. The van der Waals surface area contributed by atoms with E-state index in [0.717, 1.165) is 5.92 Å². The Hall–Kier alpha value is -0.130. The molecule has 0 aromatic carbocycles. The molecule has 0 aliphatic heterocycles. The first-order valence-corrected chi connectivity index (χ1v) is 4.85. The largest absolute Gasteiger partial charge is 0.102 e. The fourth-order valence-corrected chi connectivity index (χ4v) is 1.50. The Kier molecular flexibility index (Phi) is 4.63. The lowest BCUT2D eigenvalue weighted by molar-refractivity contribution is 0.262. The van der Waals surface area contributed by atoms with Crippen molar-refractivity contribution in [2.45, 2.75) is 53.9 Å². The zero-order chi connectivity index (χ0) is 8.91. The van der Waals surface area contributed by atoms with E-state index in [9.17, 15) is 0 Å². The van der Waals surface area contributed by atoms with Crippen LogP contribution in [-0.4, -0.2) is 0 Å². The molecule has 0 aliphatic rings. The molecule has 0 bridgehead atoms. The van der Waals surface area contributed by atoms with Crippen LogP contribution in [0.25, 0.3) is 0 Å². The van der Waals surface area contributed by atoms with Crippen LogP contribution in [0.15, 0.2) is 0 Å². The number of hydrogen-bond donors (Lipinski definition) is 0. The minimum Gasteiger partial charge on any atom is -0.0613 e. The molecule has 66 valence electrons. The molecule has 0 aliphatic carbocycles. The topological polar surface area (TPSA) is 0 Å². The second-order valence-corrected chi connectivity index (χ2v) is 4.41. The van der Waals surface area contributed by atoms with Gasteiger partial charge in [0, 0.05) is 5.41 Å².